The standard InChI is InChI=1S/C11H8O5/c1-4-3-6-8(11(15)16-10(6)14)5(2)7(4)9(12)13/h3H,1-2H3,(H,12,13). The summed E-state index contributed by atoms with van der Waals surface area (Å²) in [6.45, 7) is 3.07. The van der Waals surface area contributed by atoms with E-state index >= 15 is 0 Å². The molecule has 5 nitrogen and oxygen atoms in total. The number of carbonyl (C=O) groups excluding carboxylic acids is 2. The summed E-state index contributed by atoms with van der Waals surface area (Å²) in [6, 6.07) is 1.37. The average molecular weight is 220 g/mol. The number of aromatic carboxylic acids is 1. The Hall–Kier alpha value is -2.17. The number of rotatable bonds is 1. The van der Waals surface area contributed by atoms with Crippen LogP contribution in [0.4, 0.5) is 0 Å². The Bertz CT molecular complexity index is 542. The number of ether oxygens (including phenoxy) is 1. The van der Waals surface area contributed by atoms with Gasteiger partial charge in [0.15, 0.2) is 0 Å². The summed E-state index contributed by atoms with van der Waals surface area (Å²) in [5.74, 6) is -2.62. The molecular weight excluding hydrogens is 212 g/mol. The normalized spacial score (nSPS) is 13.6. The van der Waals surface area contributed by atoms with Gasteiger partial charge in [-0.3, -0.25) is 0 Å². The molecule has 1 aromatic rings. The molecule has 5 heteroatoms. The van der Waals surface area contributed by atoms with Crippen LogP contribution in [0.3, 0.4) is 0 Å². The number of hydrogen-bond donors (Lipinski definition) is 1. The van der Waals surface area contributed by atoms with E-state index in [9.17, 15) is 14.4 Å². The molecule has 0 saturated carbocycles. The summed E-state index contributed by atoms with van der Waals surface area (Å²) in [5.41, 5.74) is 0.970. The second-order valence-electron chi connectivity index (χ2n) is 3.60. The maximum absolute atomic E-state index is 11.3. The molecule has 0 atom stereocenters. The highest BCUT2D eigenvalue weighted by Crippen LogP contribution is 2.28. The third-order valence-corrected chi connectivity index (χ3v) is 2.60. The van der Waals surface area contributed by atoms with Crippen molar-refractivity contribution in [1.82, 2.24) is 0 Å². The van der Waals surface area contributed by atoms with Crippen LogP contribution < -0.4 is 0 Å². The van der Waals surface area contributed by atoms with Crippen molar-refractivity contribution in [1.29, 1.82) is 0 Å². The van der Waals surface area contributed by atoms with Crippen molar-refractivity contribution >= 4 is 17.9 Å². The highest BCUT2D eigenvalue weighted by Gasteiger charge is 2.34. The quantitative estimate of drug-likeness (QED) is 0.570. The van der Waals surface area contributed by atoms with Gasteiger partial charge < -0.3 is 9.84 Å². The molecule has 1 aromatic carbocycles. The Morgan fingerprint density at radius 2 is 1.88 bits per heavy atom. The van der Waals surface area contributed by atoms with E-state index < -0.39 is 17.9 Å². The first kappa shape index (κ1) is 10.4. The van der Waals surface area contributed by atoms with Crippen molar-refractivity contribution in [2.75, 3.05) is 0 Å². The lowest BCUT2D eigenvalue weighted by atomic mass is 9.94. The molecule has 0 bridgehead atoms. The first-order valence-electron chi connectivity index (χ1n) is 4.57. The molecule has 82 valence electrons. The molecule has 0 unspecified atom stereocenters. The third-order valence-electron chi connectivity index (χ3n) is 2.60. The fourth-order valence-corrected chi connectivity index (χ4v) is 1.93. The zero-order chi connectivity index (χ0) is 12.0. The van der Waals surface area contributed by atoms with Crippen LogP contribution in [0, 0.1) is 13.8 Å². The van der Waals surface area contributed by atoms with Gasteiger partial charge in [0.25, 0.3) is 0 Å². The van der Waals surface area contributed by atoms with Crippen LogP contribution in [-0.4, -0.2) is 23.0 Å². The van der Waals surface area contributed by atoms with Gasteiger partial charge in [0, 0.05) is 0 Å². The smallest absolute Gasteiger partial charge is 0.347 e. The number of benzene rings is 1. The van der Waals surface area contributed by atoms with E-state index in [0.717, 1.165) is 0 Å². The molecule has 1 aliphatic heterocycles. The molecule has 0 fully saturated rings. The fourth-order valence-electron chi connectivity index (χ4n) is 1.93. The lowest BCUT2D eigenvalue weighted by Gasteiger charge is -2.07. The minimum absolute atomic E-state index is 0.0467. The topological polar surface area (TPSA) is 80.7 Å². The van der Waals surface area contributed by atoms with Gasteiger partial charge in [0.2, 0.25) is 0 Å². The second kappa shape index (κ2) is 3.16. The first-order valence-corrected chi connectivity index (χ1v) is 4.57. The molecule has 0 aliphatic carbocycles. The van der Waals surface area contributed by atoms with E-state index in [1.807, 2.05) is 0 Å². The van der Waals surface area contributed by atoms with Crippen LogP contribution >= 0.6 is 0 Å². The predicted octanol–water partition coefficient (Wildman–Crippen LogP) is 1.31. The molecule has 1 aliphatic rings. The maximum atomic E-state index is 11.3. The Morgan fingerprint density at radius 3 is 2.44 bits per heavy atom. The number of esters is 2. The van der Waals surface area contributed by atoms with Gasteiger partial charge in [-0.2, -0.15) is 0 Å². The molecule has 0 spiro atoms. The van der Waals surface area contributed by atoms with Gasteiger partial charge >= 0.3 is 17.9 Å². The van der Waals surface area contributed by atoms with Crippen LogP contribution in [0.2, 0.25) is 0 Å². The van der Waals surface area contributed by atoms with Crippen molar-refractivity contribution < 1.29 is 24.2 Å². The van der Waals surface area contributed by atoms with Crippen LogP contribution in [0.15, 0.2) is 6.07 Å². The summed E-state index contributed by atoms with van der Waals surface area (Å²) in [5, 5.41) is 8.99. The van der Waals surface area contributed by atoms with Crippen LogP contribution in [0.1, 0.15) is 42.2 Å². The number of cyclic esters (lactones) is 2. The van der Waals surface area contributed by atoms with Crippen LogP contribution in [0.5, 0.6) is 0 Å². The lowest BCUT2D eigenvalue weighted by Crippen LogP contribution is -2.08. The zero-order valence-corrected chi connectivity index (χ0v) is 8.66. The summed E-state index contributed by atoms with van der Waals surface area (Å²) < 4.78 is 4.43. The zero-order valence-electron chi connectivity index (χ0n) is 8.66. The summed E-state index contributed by atoms with van der Waals surface area (Å²) in [4.78, 5) is 33.6. The van der Waals surface area contributed by atoms with E-state index in [-0.39, 0.29) is 22.3 Å². The number of carboxylic acid groups (broad SMARTS) is 1. The van der Waals surface area contributed by atoms with E-state index in [4.69, 9.17) is 5.11 Å². The Kier molecular flexibility index (Phi) is 2.05. The summed E-state index contributed by atoms with van der Waals surface area (Å²) in [7, 11) is 0. The van der Waals surface area contributed by atoms with Crippen LogP contribution in [0.25, 0.3) is 0 Å². The Morgan fingerprint density at radius 1 is 1.25 bits per heavy atom. The minimum Gasteiger partial charge on any atom is -0.478 e. The fraction of sp³-hybridized carbons (Fsp3) is 0.182. The van der Waals surface area contributed by atoms with Gasteiger partial charge in [0.1, 0.15) is 0 Å². The number of hydrogen-bond acceptors (Lipinski definition) is 4. The third kappa shape index (κ3) is 1.21. The van der Waals surface area contributed by atoms with E-state index in [1.54, 1.807) is 6.92 Å². The molecule has 0 aromatic heterocycles. The SMILES string of the molecule is Cc1cc2c(c(C)c1C(=O)O)C(=O)OC2=O. The van der Waals surface area contributed by atoms with Gasteiger partial charge in [-0.25, -0.2) is 14.4 Å². The van der Waals surface area contributed by atoms with Gasteiger partial charge in [-0.05, 0) is 31.0 Å². The first-order chi connectivity index (χ1) is 7.43. The van der Waals surface area contributed by atoms with E-state index in [0.29, 0.717) is 5.56 Å². The Labute approximate surface area is 90.6 Å². The number of fused-ring (bicyclic) bond motifs is 1. The van der Waals surface area contributed by atoms with Gasteiger partial charge in [-0.15, -0.1) is 0 Å². The van der Waals surface area contributed by atoms with Crippen molar-refractivity contribution in [2.45, 2.75) is 13.8 Å². The summed E-state index contributed by atoms with van der Waals surface area (Å²) in [6.07, 6.45) is 0. The molecular formula is C11H8O5. The molecule has 0 amide bonds. The van der Waals surface area contributed by atoms with Crippen molar-refractivity contribution in [2.24, 2.45) is 0 Å². The van der Waals surface area contributed by atoms with Gasteiger partial charge in [-0.1, -0.05) is 0 Å². The average Bonchev–Trinajstić information content (AvgIpc) is 2.41. The van der Waals surface area contributed by atoms with Gasteiger partial charge in [0.05, 0.1) is 16.7 Å². The molecule has 0 saturated heterocycles. The lowest BCUT2D eigenvalue weighted by molar-refractivity contribution is 0.0443. The number of aryl methyl sites for hydroxylation is 1. The van der Waals surface area contributed by atoms with E-state index in [1.165, 1.54) is 13.0 Å². The number of carbonyl (C=O) groups is 3. The number of carboxylic acids is 1. The van der Waals surface area contributed by atoms with Crippen molar-refractivity contribution in [3.05, 3.63) is 33.9 Å². The van der Waals surface area contributed by atoms with Crippen molar-refractivity contribution in [3.8, 4) is 0 Å². The van der Waals surface area contributed by atoms with Crippen LogP contribution in [-0.2, 0) is 4.74 Å². The monoisotopic (exact) mass is 220 g/mol. The second-order valence-corrected chi connectivity index (χ2v) is 3.60. The molecule has 1 N–H and O–H groups in total. The maximum Gasteiger partial charge on any atom is 0.347 e. The molecule has 1 heterocycles. The molecule has 0 radical (unpaired) electrons. The minimum atomic E-state index is -1.12. The largest absolute Gasteiger partial charge is 0.478 e. The van der Waals surface area contributed by atoms with Crippen molar-refractivity contribution in [3.63, 3.8) is 0 Å². The van der Waals surface area contributed by atoms with E-state index in [2.05, 4.69) is 4.74 Å². The molecule has 16 heavy (non-hydrogen) atoms. The highest BCUT2D eigenvalue weighted by molar-refractivity contribution is 6.16. The highest BCUT2D eigenvalue weighted by atomic mass is 16.6. The predicted molar refractivity (Wildman–Crippen MR) is 52.6 cm³/mol. The Balaban J connectivity index is 2.83. The molecule has 2 rings (SSSR count). The summed E-state index contributed by atoms with van der Waals surface area (Å²) >= 11 is 0.